The Labute approximate surface area is 141 Å². The number of carbonyl (C=O) groups excluding carboxylic acids is 1. The minimum Gasteiger partial charge on any atom is -0.234 e. The van der Waals surface area contributed by atoms with E-state index in [2.05, 4.69) is 0 Å². The molecule has 1 aliphatic rings. The molecule has 0 saturated heterocycles. The van der Waals surface area contributed by atoms with Crippen LogP contribution in [0.5, 0.6) is 0 Å². The summed E-state index contributed by atoms with van der Waals surface area (Å²) in [6, 6.07) is 4.01. The molecule has 0 amide bonds. The van der Waals surface area contributed by atoms with E-state index in [0.29, 0.717) is 11.7 Å². The molecule has 1 fully saturated rings. The highest BCUT2D eigenvalue weighted by atomic mass is 31.1. The van der Waals surface area contributed by atoms with Gasteiger partial charge in [-0.25, -0.2) is 4.79 Å². The van der Waals surface area contributed by atoms with Gasteiger partial charge in [0.25, 0.3) is 0 Å². The van der Waals surface area contributed by atoms with E-state index in [-0.39, 0.29) is 5.52 Å². The molecule has 1 aromatic carbocycles. The van der Waals surface area contributed by atoms with Crippen LogP contribution < -0.4 is 0 Å². The summed E-state index contributed by atoms with van der Waals surface area (Å²) in [6.07, 6.45) is 10.7. The highest BCUT2D eigenvalue weighted by Crippen LogP contribution is 2.33. The second-order valence-corrected chi connectivity index (χ2v) is 8.79. The third kappa shape index (κ3) is 5.24. The smallest absolute Gasteiger partial charge is 0.234 e. The van der Waals surface area contributed by atoms with Crippen LogP contribution in [0, 0.1) is 26.7 Å². The molecule has 1 atom stereocenters. The molecule has 0 radical (unpaired) electrons. The number of hydrogen-bond acceptors (Lipinski definition) is 2. The average Bonchev–Trinajstić information content (AvgIpc) is 2.98. The van der Waals surface area contributed by atoms with Gasteiger partial charge in [0.2, 0.25) is 0 Å². The zero-order chi connectivity index (χ0) is 16.8. The lowest BCUT2D eigenvalue weighted by atomic mass is 10.0. The number of benzene rings is 1. The van der Waals surface area contributed by atoms with Gasteiger partial charge in [-0.05, 0) is 50.7 Å². The topological polar surface area (TPSA) is 34.1 Å². The summed E-state index contributed by atoms with van der Waals surface area (Å²) in [4.78, 5) is 12.5. The van der Waals surface area contributed by atoms with Crippen LogP contribution in [0.15, 0.2) is 12.1 Å². The van der Waals surface area contributed by atoms with E-state index < -0.39 is 7.80 Å². The van der Waals surface area contributed by atoms with E-state index >= 15 is 0 Å². The summed E-state index contributed by atoms with van der Waals surface area (Å²) < 4.78 is 12.4. The first kappa shape index (κ1) is 18.3. The van der Waals surface area contributed by atoms with Crippen molar-refractivity contribution in [3.8, 4) is 0 Å². The van der Waals surface area contributed by atoms with Gasteiger partial charge in [-0.3, -0.25) is 0 Å². The fraction of sp³-hybridized carbons (Fsp3) is 0.650. The molecule has 2 rings (SSSR count). The van der Waals surface area contributed by atoms with Crippen molar-refractivity contribution in [1.82, 2.24) is 0 Å². The fourth-order valence-corrected chi connectivity index (χ4v) is 5.22. The Kier molecular flexibility index (Phi) is 6.96. The molecule has 1 saturated carbocycles. The quantitative estimate of drug-likeness (QED) is 0.411. The van der Waals surface area contributed by atoms with Gasteiger partial charge in [-0.2, -0.15) is 0 Å². The van der Waals surface area contributed by atoms with E-state index in [1.807, 2.05) is 32.9 Å². The van der Waals surface area contributed by atoms with Crippen molar-refractivity contribution in [1.29, 1.82) is 0 Å². The minimum absolute atomic E-state index is 0.147. The van der Waals surface area contributed by atoms with Gasteiger partial charge in [0.1, 0.15) is 0 Å². The Balaban J connectivity index is 1.78. The number of carbonyl (C=O) groups is 1. The van der Waals surface area contributed by atoms with Crippen LogP contribution in [-0.4, -0.2) is 11.7 Å². The Bertz CT molecular complexity index is 548. The van der Waals surface area contributed by atoms with Crippen molar-refractivity contribution in [2.75, 3.05) is 6.16 Å². The fourth-order valence-electron chi connectivity index (χ4n) is 3.91. The zero-order valence-electron chi connectivity index (χ0n) is 14.9. The van der Waals surface area contributed by atoms with Crippen LogP contribution in [0.1, 0.15) is 78.4 Å². The molecule has 0 spiro atoms. The lowest BCUT2D eigenvalue weighted by Crippen LogP contribution is -2.03. The van der Waals surface area contributed by atoms with Gasteiger partial charge in [0, 0.05) is 0 Å². The van der Waals surface area contributed by atoms with Crippen LogP contribution in [0.3, 0.4) is 0 Å². The Hall–Kier alpha value is -1.01. The van der Waals surface area contributed by atoms with Crippen LogP contribution in [0.2, 0.25) is 0 Å². The van der Waals surface area contributed by atoms with E-state index in [9.17, 15) is 9.36 Å². The molecule has 1 aliphatic carbocycles. The van der Waals surface area contributed by atoms with E-state index in [0.717, 1.165) is 35.4 Å². The molecule has 0 N–H and O–H groups in total. The van der Waals surface area contributed by atoms with Gasteiger partial charge in [0.05, 0.1) is 5.56 Å². The van der Waals surface area contributed by atoms with E-state index in [1.54, 1.807) is 0 Å². The summed E-state index contributed by atoms with van der Waals surface area (Å²) >= 11 is 0. The first-order valence-electron chi connectivity index (χ1n) is 9.06. The zero-order valence-corrected chi connectivity index (χ0v) is 15.8. The van der Waals surface area contributed by atoms with Crippen molar-refractivity contribution >= 4 is 13.3 Å². The van der Waals surface area contributed by atoms with Gasteiger partial charge in [-0.15, -0.1) is 0 Å². The lowest BCUT2D eigenvalue weighted by molar-refractivity contribution is 0.107. The summed E-state index contributed by atoms with van der Waals surface area (Å²) in [6.45, 7) is 5.91. The first-order valence-corrected chi connectivity index (χ1v) is 10.5. The third-order valence-corrected chi connectivity index (χ3v) is 6.46. The van der Waals surface area contributed by atoms with Crippen molar-refractivity contribution in [2.24, 2.45) is 5.92 Å². The second kappa shape index (κ2) is 8.73. The molecule has 0 bridgehead atoms. The van der Waals surface area contributed by atoms with E-state index in [1.165, 1.54) is 38.5 Å². The summed E-state index contributed by atoms with van der Waals surface area (Å²) in [7, 11) is -1.78. The number of unbranched alkanes of at least 4 members (excludes halogenated alkanes) is 2. The summed E-state index contributed by atoms with van der Waals surface area (Å²) in [5.41, 5.74) is 3.60. The van der Waals surface area contributed by atoms with Crippen molar-refractivity contribution < 1.29 is 9.36 Å². The molecule has 126 valence electrons. The van der Waals surface area contributed by atoms with E-state index in [4.69, 9.17) is 0 Å². The average molecular weight is 333 g/mol. The molecular formula is C20H30O2P+. The number of aryl methyl sites for hydroxylation is 3. The second-order valence-electron chi connectivity index (χ2n) is 7.18. The van der Waals surface area contributed by atoms with Gasteiger partial charge in [0.15, 0.2) is 6.16 Å². The maximum absolute atomic E-state index is 12.5. The highest BCUT2D eigenvalue weighted by molar-refractivity contribution is 7.64. The predicted molar refractivity (Wildman–Crippen MR) is 97.9 cm³/mol. The molecular weight excluding hydrogens is 303 g/mol. The molecule has 0 aliphatic heterocycles. The maximum atomic E-state index is 12.5. The van der Waals surface area contributed by atoms with Gasteiger partial charge >= 0.3 is 13.3 Å². The Morgan fingerprint density at radius 1 is 1.04 bits per heavy atom. The number of hydrogen-bond donors (Lipinski definition) is 0. The lowest BCUT2D eigenvalue weighted by Gasteiger charge is -2.07. The Morgan fingerprint density at radius 2 is 1.65 bits per heavy atom. The predicted octanol–water partition coefficient (Wildman–Crippen LogP) is 6.33. The molecule has 0 aromatic heterocycles. The monoisotopic (exact) mass is 333 g/mol. The normalized spacial score (nSPS) is 15.9. The largest absolute Gasteiger partial charge is 0.420 e. The van der Waals surface area contributed by atoms with Crippen molar-refractivity contribution in [3.05, 3.63) is 34.4 Å². The number of rotatable bonds is 8. The van der Waals surface area contributed by atoms with Crippen LogP contribution in [-0.2, 0) is 4.57 Å². The molecule has 2 nitrogen and oxygen atoms in total. The van der Waals surface area contributed by atoms with Crippen LogP contribution in [0.4, 0.5) is 0 Å². The minimum atomic E-state index is -1.78. The van der Waals surface area contributed by atoms with Crippen LogP contribution in [0.25, 0.3) is 0 Å². The standard InChI is InChI=1S/C20H30O2P/c1-15-13-16(2)19(17(3)14-15)20(21)23(22)12-8-4-5-9-18-10-6-7-11-18/h13-14,18H,4-12H2,1-3H3/q+1. The van der Waals surface area contributed by atoms with Crippen molar-refractivity contribution in [3.63, 3.8) is 0 Å². The van der Waals surface area contributed by atoms with Crippen LogP contribution >= 0.6 is 7.80 Å². The maximum Gasteiger partial charge on any atom is 0.420 e. The van der Waals surface area contributed by atoms with Gasteiger partial charge < -0.3 is 0 Å². The van der Waals surface area contributed by atoms with Gasteiger partial charge in [-0.1, -0.05) is 60.8 Å². The molecule has 23 heavy (non-hydrogen) atoms. The first-order chi connectivity index (χ1) is 11.0. The molecule has 1 unspecified atom stereocenters. The molecule has 0 heterocycles. The molecule has 1 aromatic rings. The summed E-state index contributed by atoms with van der Waals surface area (Å²) in [5.74, 6) is 0.934. The van der Waals surface area contributed by atoms with Crippen molar-refractivity contribution in [2.45, 2.75) is 72.1 Å². The molecule has 3 heteroatoms. The summed E-state index contributed by atoms with van der Waals surface area (Å²) in [5, 5.41) is 0. The Morgan fingerprint density at radius 3 is 2.26 bits per heavy atom. The highest BCUT2D eigenvalue weighted by Gasteiger charge is 2.31. The SMILES string of the molecule is Cc1cc(C)c(C(=O)[P+](=O)CCCCCC2CCCC2)c(C)c1. The third-order valence-electron chi connectivity index (χ3n) is 5.07.